The fourth-order valence-corrected chi connectivity index (χ4v) is 6.08. The first-order chi connectivity index (χ1) is 20.2. The number of hydrogen-bond donors (Lipinski definition) is 1. The lowest BCUT2D eigenvalue weighted by molar-refractivity contribution is -0.139. The maximum atomic E-state index is 14.1. The number of amides is 2. The standard InChI is InChI=1S/C32H40ClN3O5S/c1-4-7-22-34-32(38)30(5-2)35(23-21-25-11-9-8-10-12-25)31(37)24-36(27-15-17-28(18-16-27)41-6-3)42(39,40)29-19-13-26(33)14-20-29/h8-20,30H,4-7,21-24H2,1-3H3,(H,34,38). The van der Waals surface area contributed by atoms with Gasteiger partial charge in [-0.3, -0.25) is 13.9 Å². The van der Waals surface area contributed by atoms with Gasteiger partial charge in [-0.15, -0.1) is 0 Å². The van der Waals surface area contributed by atoms with Crippen molar-refractivity contribution in [3.05, 3.63) is 89.4 Å². The highest BCUT2D eigenvalue weighted by Gasteiger charge is 2.33. The normalized spacial score (nSPS) is 11.9. The molecule has 0 aliphatic rings. The van der Waals surface area contributed by atoms with Crippen molar-refractivity contribution in [2.75, 3.05) is 30.5 Å². The van der Waals surface area contributed by atoms with Crippen molar-refractivity contribution in [1.29, 1.82) is 0 Å². The number of halogens is 1. The second kappa shape index (κ2) is 16.2. The van der Waals surface area contributed by atoms with E-state index in [0.29, 0.717) is 42.5 Å². The van der Waals surface area contributed by atoms with E-state index in [1.807, 2.05) is 51.1 Å². The number of nitrogens with zero attached hydrogens (tertiary/aromatic N) is 2. The number of hydrogen-bond acceptors (Lipinski definition) is 5. The Hall–Kier alpha value is -3.56. The Morgan fingerprint density at radius 1 is 0.929 bits per heavy atom. The number of nitrogens with one attached hydrogen (secondary N) is 1. The summed E-state index contributed by atoms with van der Waals surface area (Å²) in [5.74, 6) is -0.147. The molecule has 42 heavy (non-hydrogen) atoms. The summed E-state index contributed by atoms with van der Waals surface area (Å²) in [4.78, 5) is 28.8. The van der Waals surface area contributed by atoms with E-state index in [-0.39, 0.29) is 17.3 Å². The summed E-state index contributed by atoms with van der Waals surface area (Å²) < 4.78 is 34.5. The van der Waals surface area contributed by atoms with Crippen LogP contribution in [-0.4, -0.2) is 57.4 Å². The van der Waals surface area contributed by atoms with Crippen molar-refractivity contribution >= 4 is 39.1 Å². The third-order valence-electron chi connectivity index (χ3n) is 6.82. The lowest BCUT2D eigenvalue weighted by Gasteiger charge is -2.33. The fraction of sp³-hybridized carbons (Fsp3) is 0.375. The zero-order chi connectivity index (χ0) is 30.5. The average Bonchev–Trinajstić information content (AvgIpc) is 2.99. The number of unbranched alkanes of at least 4 members (excludes halogenated alkanes) is 1. The number of carbonyl (C=O) groups excluding carboxylic acids is 2. The molecule has 0 aromatic heterocycles. The van der Waals surface area contributed by atoms with Crippen LogP contribution in [0.25, 0.3) is 0 Å². The number of carbonyl (C=O) groups is 2. The van der Waals surface area contributed by atoms with Gasteiger partial charge in [0.25, 0.3) is 10.0 Å². The largest absolute Gasteiger partial charge is 0.494 e. The van der Waals surface area contributed by atoms with E-state index in [4.69, 9.17) is 16.3 Å². The second-order valence-corrected chi connectivity index (χ2v) is 12.1. The lowest BCUT2D eigenvalue weighted by atomic mass is 10.1. The summed E-state index contributed by atoms with van der Waals surface area (Å²) in [6, 6.07) is 21.3. The van der Waals surface area contributed by atoms with E-state index in [2.05, 4.69) is 5.32 Å². The van der Waals surface area contributed by atoms with E-state index in [1.165, 1.54) is 29.2 Å². The Labute approximate surface area is 254 Å². The first-order valence-electron chi connectivity index (χ1n) is 14.3. The van der Waals surface area contributed by atoms with Crippen molar-refractivity contribution in [2.24, 2.45) is 0 Å². The molecule has 2 amide bonds. The molecule has 0 radical (unpaired) electrons. The minimum atomic E-state index is -4.18. The Morgan fingerprint density at radius 3 is 2.19 bits per heavy atom. The van der Waals surface area contributed by atoms with Gasteiger partial charge in [0.05, 0.1) is 17.2 Å². The van der Waals surface area contributed by atoms with Gasteiger partial charge in [-0.1, -0.05) is 62.2 Å². The molecular weight excluding hydrogens is 574 g/mol. The van der Waals surface area contributed by atoms with Crippen molar-refractivity contribution in [2.45, 2.75) is 57.4 Å². The minimum Gasteiger partial charge on any atom is -0.494 e. The molecule has 1 N–H and O–H groups in total. The summed E-state index contributed by atoms with van der Waals surface area (Å²) in [5, 5.41) is 3.33. The molecule has 1 unspecified atom stereocenters. The first kappa shape index (κ1) is 32.9. The van der Waals surface area contributed by atoms with Crippen molar-refractivity contribution in [3.63, 3.8) is 0 Å². The molecule has 226 valence electrons. The van der Waals surface area contributed by atoms with E-state index >= 15 is 0 Å². The number of ether oxygens (including phenoxy) is 1. The molecule has 0 bridgehead atoms. The Morgan fingerprint density at radius 2 is 1.60 bits per heavy atom. The summed E-state index contributed by atoms with van der Waals surface area (Å²) in [6.07, 6.45) is 2.64. The summed E-state index contributed by atoms with van der Waals surface area (Å²) in [6.45, 7) is 6.47. The third kappa shape index (κ3) is 8.97. The molecular formula is C32H40ClN3O5S. The number of benzene rings is 3. The van der Waals surface area contributed by atoms with Gasteiger partial charge in [0.1, 0.15) is 18.3 Å². The van der Waals surface area contributed by atoms with Crippen LogP contribution in [0, 0.1) is 0 Å². The molecule has 0 fully saturated rings. The van der Waals surface area contributed by atoms with Crippen LogP contribution in [0.1, 0.15) is 45.6 Å². The summed E-state index contributed by atoms with van der Waals surface area (Å²) in [7, 11) is -4.18. The van der Waals surface area contributed by atoms with Crippen LogP contribution in [0.4, 0.5) is 5.69 Å². The van der Waals surface area contributed by atoms with Crippen LogP contribution >= 0.6 is 11.6 Å². The van der Waals surface area contributed by atoms with Crippen LogP contribution in [0.15, 0.2) is 83.8 Å². The summed E-state index contributed by atoms with van der Waals surface area (Å²) in [5.41, 5.74) is 1.30. The molecule has 3 rings (SSSR count). The van der Waals surface area contributed by atoms with Gasteiger partial charge >= 0.3 is 0 Å². The summed E-state index contributed by atoms with van der Waals surface area (Å²) >= 11 is 6.02. The third-order valence-corrected chi connectivity index (χ3v) is 8.86. The molecule has 1 atom stereocenters. The Kier molecular flexibility index (Phi) is 12.7. The zero-order valence-corrected chi connectivity index (χ0v) is 26.0. The smallest absolute Gasteiger partial charge is 0.264 e. The molecule has 0 spiro atoms. The van der Waals surface area contributed by atoms with E-state index in [0.717, 1.165) is 22.7 Å². The molecule has 0 saturated heterocycles. The van der Waals surface area contributed by atoms with Gasteiger partial charge in [0.2, 0.25) is 11.8 Å². The van der Waals surface area contributed by atoms with Gasteiger partial charge < -0.3 is 15.0 Å². The molecule has 0 heterocycles. The average molecular weight is 614 g/mol. The van der Waals surface area contributed by atoms with Gasteiger partial charge in [0, 0.05) is 18.1 Å². The fourth-order valence-electron chi connectivity index (χ4n) is 4.54. The number of rotatable bonds is 16. The van der Waals surface area contributed by atoms with Crippen molar-refractivity contribution < 1.29 is 22.7 Å². The first-order valence-corrected chi connectivity index (χ1v) is 16.1. The zero-order valence-electron chi connectivity index (χ0n) is 24.5. The van der Waals surface area contributed by atoms with Gasteiger partial charge in [-0.2, -0.15) is 0 Å². The quantitative estimate of drug-likeness (QED) is 0.209. The molecule has 8 nitrogen and oxygen atoms in total. The Balaban J connectivity index is 1.99. The van der Waals surface area contributed by atoms with E-state index in [1.54, 1.807) is 24.3 Å². The molecule has 3 aromatic rings. The van der Waals surface area contributed by atoms with Crippen LogP contribution in [0.5, 0.6) is 5.75 Å². The molecule has 10 heteroatoms. The topological polar surface area (TPSA) is 96.0 Å². The van der Waals surface area contributed by atoms with Crippen LogP contribution in [-0.2, 0) is 26.0 Å². The maximum absolute atomic E-state index is 14.1. The van der Waals surface area contributed by atoms with Crippen LogP contribution in [0.2, 0.25) is 5.02 Å². The van der Waals surface area contributed by atoms with Crippen molar-refractivity contribution in [1.82, 2.24) is 10.2 Å². The van der Waals surface area contributed by atoms with Crippen molar-refractivity contribution in [3.8, 4) is 5.75 Å². The monoisotopic (exact) mass is 613 g/mol. The Bertz CT molecular complexity index is 1380. The highest BCUT2D eigenvalue weighted by Crippen LogP contribution is 2.27. The maximum Gasteiger partial charge on any atom is 0.264 e. The second-order valence-electron chi connectivity index (χ2n) is 9.78. The van der Waals surface area contributed by atoms with Gasteiger partial charge in [-0.25, -0.2) is 8.42 Å². The number of anilines is 1. The molecule has 0 aliphatic carbocycles. The van der Waals surface area contributed by atoms with Crippen LogP contribution < -0.4 is 14.4 Å². The van der Waals surface area contributed by atoms with E-state index in [9.17, 15) is 18.0 Å². The molecule has 0 saturated carbocycles. The molecule has 3 aromatic carbocycles. The predicted octanol–water partition coefficient (Wildman–Crippen LogP) is 5.70. The van der Waals surface area contributed by atoms with Gasteiger partial charge in [0.15, 0.2) is 0 Å². The lowest BCUT2D eigenvalue weighted by Crippen LogP contribution is -2.53. The minimum absolute atomic E-state index is 0.00577. The van der Waals surface area contributed by atoms with Gasteiger partial charge in [-0.05, 0) is 80.3 Å². The molecule has 0 aliphatic heterocycles. The van der Waals surface area contributed by atoms with Crippen LogP contribution in [0.3, 0.4) is 0 Å². The predicted molar refractivity (Wildman–Crippen MR) is 167 cm³/mol. The number of sulfonamides is 1. The highest BCUT2D eigenvalue weighted by molar-refractivity contribution is 7.92. The SMILES string of the molecule is CCCCNC(=O)C(CC)N(CCc1ccccc1)C(=O)CN(c1ccc(OCC)cc1)S(=O)(=O)c1ccc(Cl)cc1. The highest BCUT2D eigenvalue weighted by atomic mass is 35.5. The van der Waals surface area contributed by atoms with E-state index < -0.39 is 28.5 Å².